The fourth-order valence-corrected chi connectivity index (χ4v) is 2.39. The van der Waals surface area contributed by atoms with Crippen molar-refractivity contribution < 1.29 is 28.5 Å². The lowest BCUT2D eigenvalue weighted by Crippen LogP contribution is -2.17. The number of Topliss-reactive ketones (excluding diaryl/α,β-unsaturated/α-hetero) is 1. The molecule has 0 saturated heterocycles. The topological polar surface area (TPSA) is 97.1 Å². The minimum Gasteiger partial charge on any atom is -0.501 e. The largest absolute Gasteiger partial charge is 0.501 e. The maximum atomic E-state index is 12.2. The Hall–Kier alpha value is -2.96. The smallest absolute Gasteiger partial charge is 0.340 e. The number of carbonyl (C=O) groups is 2. The summed E-state index contributed by atoms with van der Waals surface area (Å²) in [6.07, 6.45) is 4.62. The van der Waals surface area contributed by atoms with Gasteiger partial charge < -0.3 is 24.7 Å². The number of ether oxygens (including phenoxy) is 4. The van der Waals surface area contributed by atoms with E-state index >= 15 is 0 Å². The molecule has 35 heavy (non-hydrogen) atoms. The molecule has 7 nitrogen and oxygen atoms in total. The summed E-state index contributed by atoms with van der Waals surface area (Å²) in [5.41, 5.74) is 6.73. The van der Waals surface area contributed by atoms with Gasteiger partial charge in [0.15, 0.2) is 23.9 Å². The number of esters is 1. The Morgan fingerprint density at radius 2 is 1.31 bits per heavy atom. The van der Waals surface area contributed by atoms with Crippen molar-refractivity contribution in [2.24, 2.45) is 5.92 Å². The Morgan fingerprint density at radius 3 is 1.71 bits per heavy atom. The van der Waals surface area contributed by atoms with E-state index in [1.165, 1.54) is 26.4 Å². The highest BCUT2D eigenvalue weighted by molar-refractivity contribution is 6.01. The van der Waals surface area contributed by atoms with Crippen molar-refractivity contribution in [2.45, 2.75) is 75.2 Å². The van der Waals surface area contributed by atoms with Crippen LogP contribution in [0.4, 0.5) is 5.69 Å². The van der Waals surface area contributed by atoms with Crippen molar-refractivity contribution in [3.8, 4) is 11.5 Å². The molecule has 0 aliphatic heterocycles. The first-order valence-corrected chi connectivity index (χ1v) is 12.4. The van der Waals surface area contributed by atoms with Crippen LogP contribution in [0.3, 0.4) is 0 Å². The van der Waals surface area contributed by atoms with Crippen LogP contribution in [0.1, 0.15) is 85.5 Å². The van der Waals surface area contributed by atoms with Gasteiger partial charge in [0.1, 0.15) is 0 Å². The molecule has 7 heteroatoms. The normalized spacial score (nSPS) is 11.1. The molecule has 1 aliphatic rings. The van der Waals surface area contributed by atoms with E-state index in [1.807, 2.05) is 41.5 Å². The highest BCUT2D eigenvalue weighted by Gasteiger charge is 2.19. The first-order valence-electron chi connectivity index (χ1n) is 12.4. The van der Waals surface area contributed by atoms with Gasteiger partial charge in [-0.1, -0.05) is 68.4 Å². The van der Waals surface area contributed by atoms with Crippen LogP contribution < -0.4 is 15.2 Å². The summed E-state index contributed by atoms with van der Waals surface area (Å²) in [4.78, 5) is 24.4. The first-order chi connectivity index (χ1) is 16.7. The Kier molecular flexibility index (Phi) is 23.9. The second-order valence-corrected chi connectivity index (χ2v) is 7.05. The van der Waals surface area contributed by atoms with E-state index in [1.54, 1.807) is 19.3 Å². The Bertz CT molecular complexity index is 779. The van der Waals surface area contributed by atoms with Crippen molar-refractivity contribution in [3.05, 3.63) is 41.2 Å². The van der Waals surface area contributed by atoms with Gasteiger partial charge in [-0.2, -0.15) is 0 Å². The van der Waals surface area contributed by atoms with E-state index < -0.39 is 5.97 Å². The average molecular weight is 496 g/mol. The van der Waals surface area contributed by atoms with Gasteiger partial charge >= 0.3 is 5.97 Å². The lowest BCUT2D eigenvalue weighted by molar-refractivity contribution is -0.118. The summed E-state index contributed by atoms with van der Waals surface area (Å²) >= 11 is 0. The third kappa shape index (κ3) is 14.8. The van der Waals surface area contributed by atoms with E-state index in [9.17, 15) is 9.59 Å². The lowest BCUT2D eigenvalue weighted by atomic mass is 10.0. The van der Waals surface area contributed by atoms with Gasteiger partial charge in [-0.05, 0) is 24.0 Å². The molecule has 0 atom stereocenters. The molecule has 1 aliphatic carbocycles. The third-order valence-corrected chi connectivity index (χ3v) is 3.84. The van der Waals surface area contributed by atoms with Crippen LogP contribution in [-0.2, 0) is 14.3 Å². The Labute approximate surface area is 213 Å². The van der Waals surface area contributed by atoms with Crippen molar-refractivity contribution >= 4 is 17.4 Å². The molecule has 0 unspecified atom stereocenters. The summed E-state index contributed by atoms with van der Waals surface area (Å²) in [5.74, 6) is 1.45. The van der Waals surface area contributed by atoms with E-state index in [0.29, 0.717) is 29.9 Å². The maximum absolute atomic E-state index is 12.2. The van der Waals surface area contributed by atoms with E-state index in [-0.39, 0.29) is 23.6 Å². The van der Waals surface area contributed by atoms with Crippen LogP contribution in [0.25, 0.3) is 0 Å². The maximum Gasteiger partial charge on any atom is 0.340 e. The molecule has 0 heterocycles. The Balaban J connectivity index is -0.000000892. The predicted molar refractivity (Wildman–Crippen MR) is 146 cm³/mol. The number of hydrogen-bond donors (Lipinski definition) is 1. The number of carbonyl (C=O) groups excluding carboxylic acids is 2. The molecule has 1 aromatic rings. The minimum atomic E-state index is -0.698. The summed E-state index contributed by atoms with van der Waals surface area (Å²) in [7, 11) is 4.50. The molecule has 0 spiro atoms. The fourth-order valence-electron chi connectivity index (χ4n) is 2.39. The molecular weight excluding hydrogens is 446 g/mol. The number of allylic oxidation sites excluding steroid dienone is 3. The zero-order valence-corrected chi connectivity index (χ0v) is 24.0. The molecule has 2 rings (SSSR count). The summed E-state index contributed by atoms with van der Waals surface area (Å²) in [5, 5.41) is 0. The van der Waals surface area contributed by atoms with Crippen LogP contribution in [0.2, 0.25) is 0 Å². The lowest BCUT2D eigenvalue weighted by Gasteiger charge is -2.14. The first kappa shape index (κ1) is 36.6. The van der Waals surface area contributed by atoms with Crippen molar-refractivity contribution in [2.75, 3.05) is 33.7 Å². The van der Waals surface area contributed by atoms with Crippen molar-refractivity contribution in [3.63, 3.8) is 0 Å². The molecule has 0 amide bonds. The molecular formula is C28H49NO6. The quantitative estimate of drug-likeness (QED) is 0.321. The SMILES string of the molecule is CC.CC.CC.CC(C)C.COC1=CC=C(C(=O)COC(=O)c2cc(OC)c(OC)cc2N)CC1. The van der Waals surface area contributed by atoms with E-state index in [2.05, 4.69) is 20.8 Å². The zero-order valence-electron chi connectivity index (χ0n) is 24.0. The number of anilines is 1. The molecule has 2 N–H and O–H groups in total. The number of hydrogen-bond acceptors (Lipinski definition) is 7. The number of benzene rings is 1. The molecule has 0 radical (unpaired) electrons. The van der Waals surface area contributed by atoms with Gasteiger partial charge in [-0.25, -0.2) is 4.79 Å². The number of rotatable bonds is 7. The van der Waals surface area contributed by atoms with Crippen LogP contribution >= 0.6 is 0 Å². The van der Waals surface area contributed by atoms with Crippen molar-refractivity contribution in [1.29, 1.82) is 0 Å². The highest BCUT2D eigenvalue weighted by atomic mass is 16.5. The standard InChI is InChI=1S/C18H21NO6.C4H10.3C2H6/c1-22-12-6-4-11(5-7-12)15(20)10-25-18(21)13-8-16(23-2)17(24-3)9-14(13)19;1-4(2)3;3*1-2/h4,6,8-9H,5,7,10,19H2,1-3H3;4H,1-3H3;3*1-2H3. The number of methoxy groups -OCH3 is 3. The Morgan fingerprint density at radius 1 is 0.829 bits per heavy atom. The monoisotopic (exact) mass is 495 g/mol. The van der Waals surface area contributed by atoms with Crippen LogP contribution in [0, 0.1) is 5.92 Å². The number of nitrogen functional groups attached to an aromatic ring is 1. The van der Waals surface area contributed by atoms with Gasteiger partial charge in [0.2, 0.25) is 0 Å². The highest BCUT2D eigenvalue weighted by Crippen LogP contribution is 2.32. The number of ketones is 1. The van der Waals surface area contributed by atoms with E-state index in [0.717, 1.165) is 11.7 Å². The van der Waals surface area contributed by atoms with Gasteiger partial charge in [0.25, 0.3) is 0 Å². The molecule has 0 aromatic heterocycles. The molecule has 0 saturated carbocycles. The fraction of sp³-hybridized carbons (Fsp3) is 0.571. The van der Waals surface area contributed by atoms with Crippen LogP contribution in [0.5, 0.6) is 11.5 Å². The summed E-state index contributed by atoms with van der Waals surface area (Å²) in [6, 6.07) is 2.90. The zero-order chi connectivity index (χ0) is 28.0. The van der Waals surface area contributed by atoms with E-state index in [4.69, 9.17) is 24.7 Å². The van der Waals surface area contributed by atoms with Crippen LogP contribution in [-0.4, -0.2) is 39.7 Å². The molecule has 0 bridgehead atoms. The number of nitrogens with two attached hydrogens (primary N) is 1. The van der Waals surface area contributed by atoms with Gasteiger partial charge in [0, 0.05) is 18.6 Å². The third-order valence-electron chi connectivity index (χ3n) is 3.84. The van der Waals surface area contributed by atoms with Gasteiger partial charge in [0.05, 0.1) is 38.3 Å². The van der Waals surface area contributed by atoms with Gasteiger partial charge in [-0.15, -0.1) is 0 Å². The summed E-state index contributed by atoms with van der Waals surface area (Å²) < 4.78 is 20.5. The second-order valence-electron chi connectivity index (χ2n) is 7.05. The summed E-state index contributed by atoms with van der Waals surface area (Å²) in [6.45, 7) is 18.1. The predicted octanol–water partition coefficient (Wildman–Crippen LogP) is 7.00. The molecule has 1 aromatic carbocycles. The van der Waals surface area contributed by atoms with Crippen molar-refractivity contribution in [1.82, 2.24) is 0 Å². The minimum absolute atomic E-state index is 0.115. The van der Waals surface area contributed by atoms with Crippen LogP contribution in [0.15, 0.2) is 35.6 Å². The second kappa shape index (κ2) is 22.8. The molecule has 0 fully saturated rings. The molecule has 202 valence electrons. The van der Waals surface area contributed by atoms with Gasteiger partial charge in [-0.3, -0.25) is 4.79 Å². The average Bonchev–Trinajstić information content (AvgIpc) is 2.90.